The predicted molar refractivity (Wildman–Crippen MR) is 120 cm³/mol. The second-order valence-electron chi connectivity index (χ2n) is 6.77. The van der Waals surface area contributed by atoms with Crippen LogP contribution in [0.2, 0.25) is 0 Å². The second-order valence-corrected chi connectivity index (χ2v) is 6.77. The van der Waals surface area contributed by atoms with Crippen LogP contribution in [0.25, 0.3) is 0 Å². The van der Waals surface area contributed by atoms with Gasteiger partial charge in [0.2, 0.25) is 11.8 Å². The van der Waals surface area contributed by atoms with Gasteiger partial charge in [-0.1, -0.05) is 36.4 Å². The van der Waals surface area contributed by atoms with Crippen molar-refractivity contribution >= 4 is 28.9 Å². The van der Waals surface area contributed by atoms with Gasteiger partial charge in [-0.3, -0.25) is 9.59 Å². The lowest BCUT2D eigenvalue weighted by Crippen LogP contribution is -2.21. The number of rotatable bonds is 9. The molecule has 0 spiro atoms. The van der Waals surface area contributed by atoms with E-state index in [-0.39, 0.29) is 18.4 Å². The average molecular weight is 403 g/mol. The third-order valence-corrected chi connectivity index (χ3v) is 4.28. The van der Waals surface area contributed by atoms with Crippen molar-refractivity contribution in [2.24, 2.45) is 0 Å². The highest BCUT2D eigenvalue weighted by molar-refractivity contribution is 5.94. The van der Waals surface area contributed by atoms with E-state index in [1.165, 1.54) is 12.5 Å². The fraction of sp³-hybridized carbons (Fsp3) is 0.167. The predicted octanol–water partition coefficient (Wildman–Crippen LogP) is 4.32. The van der Waals surface area contributed by atoms with Gasteiger partial charge in [0.25, 0.3) is 0 Å². The molecular weight excluding hydrogens is 378 g/mol. The van der Waals surface area contributed by atoms with E-state index >= 15 is 0 Å². The van der Waals surface area contributed by atoms with E-state index < -0.39 is 0 Å². The molecule has 2 amide bonds. The quantitative estimate of drug-likeness (QED) is 0.497. The second kappa shape index (κ2) is 10.7. The Kier molecular flexibility index (Phi) is 7.44. The summed E-state index contributed by atoms with van der Waals surface area (Å²) in [6.07, 6.45) is 0.835. The summed E-state index contributed by atoms with van der Waals surface area (Å²) in [6.45, 7) is 2.16. The molecule has 3 rings (SSSR count). The number of hydrogen-bond acceptors (Lipinski definition) is 4. The molecule has 0 heterocycles. The molecular formula is C24H25N3O3. The summed E-state index contributed by atoms with van der Waals surface area (Å²) in [7, 11) is 0. The van der Waals surface area contributed by atoms with E-state index in [2.05, 4.69) is 28.1 Å². The van der Waals surface area contributed by atoms with E-state index in [4.69, 9.17) is 4.74 Å². The molecule has 0 aliphatic carbocycles. The van der Waals surface area contributed by atoms with Crippen molar-refractivity contribution in [3.8, 4) is 5.75 Å². The third kappa shape index (κ3) is 6.98. The summed E-state index contributed by atoms with van der Waals surface area (Å²) >= 11 is 0. The van der Waals surface area contributed by atoms with Crippen molar-refractivity contribution in [3.63, 3.8) is 0 Å². The Labute approximate surface area is 176 Å². The van der Waals surface area contributed by atoms with Crippen LogP contribution in [0.3, 0.4) is 0 Å². The Balaban J connectivity index is 1.44. The van der Waals surface area contributed by atoms with Gasteiger partial charge in [0.15, 0.2) is 0 Å². The Bertz CT molecular complexity index is 973. The highest BCUT2D eigenvalue weighted by Gasteiger charge is 2.04. The maximum atomic E-state index is 12.2. The molecule has 0 bridgehead atoms. The SMILES string of the molecule is CC(=O)Nc1ccc(NC(=O)CNc2cccc(OCCc3ccccc3)c2)cc1. The van der Waals surface area contributed by atoms with E-state index in [0.29, 0.717) is 18.0 Å². The zero-order valence-corrected chi connectivity index (χ0v) is 16.9. The van der Waals surface area contributed by atoms with Crippen LogP contribution in [0.4, 0.5) is 17.1 Å². The molecule has 0 aliphatic rings. The zero-order valence-electron chi connectivity index (χ0n) is 16.9. The zero-order chi connectivity index (χ0) is 21.2. The van der Waals surface area contributed by atoms with E-state index in [9.17, 15) is 9.59 Å². The molecule has 0 saturated carbocycles. The van der Waals surface area contributed by atoms with Gasteiger partial charge in [0, 0.05) is 36.5 Å². The van der Waals surface area contributed by atoms with Gasteiger partial charge in [-0.05, 0) is 42.0 Å². The first-order valence-electron chi connectivity index (χ1n) is 9.77. The van der Waals surface area contributed by atoms with Crippen LogP contribution in [0.15, 0.2) is 78.9 Å². The number of nitrogens with one attached hydrogen (secondary N) is 3. The Morgan fingerprint density at radius 1 is 0.800 bits per heavy atom. The number of amides is 2. The van der Waals surface area contributed by atoms with Crippen molar-refractivity contribution in [1.29, 1.82) is 0 Å². The highest BCUT2D eigenvalue weighted by Crippen LogP contribution is 2.18. The summed E-state index contributed by atoms with van der Waals surface area (Å²) in [6, 6.07) is 24.7. The molecule has 0 fully saturated rings. The molecule has 3 aromatic carbocycles. The highest BCUT2D eigenvalue weighted by atomic mass is 16.5. The van der Waals surface area contributed by atoms with Crippen LogP contribution < -0.4 is 20.7 Å². The minimum atomic E-state index is -0.169. The Morgan fingerprint density at radius 2 is 1.50 bits per heavy atom. The third-order valence-electron chi connectivity index (χ3n) is 4.28. The smallest absolute Gasteiger partial charge is 0.243 e. The number of carbonyl (C=O) groups excluding carboxylic acids is 2. The molecule has 0 saturated heterocycles. The molecule has 6 nitrogen and oxygen atoms in total. The summed E-state index contributed by atoms with van der Waals surface area (Å²) in [5.74, 6) is 0.449. The normalized spacial score (nSPS) is 10.2. The lowest BCUT2D eigenvalue weighted by atomic mass is 10.2. The van der Waals surface area contributed by atoms with E-state index in [1.807, 2.05) is 42.5 Å². The summed E-state index contributed by atoms with van der Waals surface area (Å²) < 4.78 is 5.82. The topological polar surface area (TPSA) is 79.5 Å². The van der Waals surface area contributed by atoms with Crippen LogP contribution >= 0.6 is 0 Å². The number of ether oxygens (including phenoxy) is 1. The van der Waals surface area contributed by atoms with Crippen LogP contribution in [0, 0.1) is 0 Å². The number of benzene rings is 3. The summed E-state index contributed by atoms with van der Waals surface area (Å²) in [5, 5.41) is 8.60. The maximum absolute atomic E-state index is 12.2. The minimum Gasteiger partial charge on any atom is -0.493 e. The number of hydrogen-bond donors (Lipinski definition) is 3. The molecule has 6 heteroatoms. The molecule has 0 aliphatic heterocycles. The Hall–Kier alpha value is -3.80. The molecule has 0 atom stereocenters. The minimum absolute atomic E-state index is 0.126. The largest absolute Gasteiger partial charge is 0.493 e. The number of carbonyl (C=O) groups is 2. The Morgan fingerprint density at radius 3 is 2.20 bits per heavy atom. The van der Waals surface area contributed by atoms with Gasteiger partial charge < -0.3 is 20.7 Å². The fourth-order valence-corrected chi connectivity index (χ4v) is 2.85. The molecule has 0 radical (unpaired) electrons. The van der Waals surface area contributed by atoms with Crippen molar-refractivity contribution < 1.29 is 14.3 Å². The first-order valence-corrected chi connectivity index (χ1v) is 9.77. The molecule has 30 heavy (non-hydrogen) atoms. The van der Waals surface area contributed by atoms with Gasteiger partial charge in [-0.15, -0.1) is 0 Å². The standard InChI is InChI=1S/C24H25N3O3/c1-18(28)26-20-10-12-21(13-11-20)27-24(29)17-25-22-8-5-9-23(16-22)30-15-14-19-6-3-2-4-7-19/h2-13,16,25H,14-15,17H2,1H3,(H,26,28)(H,27,29). The van der Waals surface area contributed by atoms with Crippen LogP contribution in [-0.2, 0) is 16.0 Å². The van der Waals surface area contributed by atoms with Gasteiger partial charge in [-0.2, -0.15) is 0 Å². The van der Waals surface area contributed by atoms with Gasteiger partial charge >= 0.3 is 0 Å². The van der Waals surface area contributed by atoms with Crippen LogP contribution in [-0.4, -0.2) is 25.0 Å². The molecule has 3 N–H and O–H groups in total. The van der Waals surface area contributed by atoms with Crippen molar-refractivity contribution in [2.45, 2.75) is 13.3 Å². The molecule has 0 unspecified atom stereocenters. The molecule has 154 valence electrons. The van der Waals surface area contributed by atoms with Crippen LogP contribution in [0.1, 0.15) is 12.5 Å². The van der Waals surface area contributed by atoms with Crippen LogP contribution in [0.5, 0.6) is 5.75 Å². The number of anilines is 3. The van der Waals surface area contributed by atoms with Gasteiger partial charge in [0.1, 0.15) is 5.75 Å². The monoisotopic (exact) mass is 403 g/mol. The lowest BCUT2D eigenvalue weighted by Gasteiger charge is -2.11. The fourth-order valence-electron chi connectivity index (χ4n) is 2.85. The molecule has 3 aromatic rings. The summed E-state index contributed by atoms with van der Waals surface area (Å²) in [4.78, 5) is 23.2. The van der Waals surface area contributed by atoms with Crippen molar-refractivity contribution in [1.82, 2.24) is 0 Å². The van der Waals surface area contributed by atoms with E-state index in [0.717, 1.165) is 17.9 Å². The molecule has 0 aromatic heterocycles. The van der Waals surface area contributed by atoms with Gasteiger partial charge in [-0.25, -0.2) is 0 Å². The van der Waals surface area contributed by atoms with Crippen molar-refractivity contribution in [2.75, 3.05) is 29.1 Å². The van der Waals surface area contributed by atoms with E-state index in [1.54, 1.807) is 24.3 Å². The maximum Gasteiger partial charge on any atom is 0.243 e. The van der Waals surface area contributed by atoms with Crippen molar-refractivity contribution in [3.05, 3.63) is 84.4 Å². The summed E-state index contributed by atoms with van der Waals surface area (Å²) in [5.41, 5.74) is 3.38. The lowest BCUT2D eigenvalue weighted by molar-refractivity contribution is -0.115. The van der Waals surface area contributed by atoms with Gasteiger partial charge in [0.05, 0.1) is 13.2 Å². The first kappa shape index (κ1) is 20.9. The first-order chi connectivity index (χ1) is 14.6. The average Bonchev–Trinajstić information content (AvgIpc) is 2.74.